The number of nitro groups is 1. The molecule has 1 aromatic carbocycles. The van der Waals surface area contributed by atoms with E-state index in [0.29, 0.717) is 0 Å². The summed E-state index contributed by atoms with van der Waals surface area (Å²) in [6, 6.07) is 5.34. The molecule has 2 rings (SSSR count). The summed E-state index contributed by atoms with van der Waals surface area (Å²) < 4.78 is 0. The zero-order valence-corrected chi connectivity index (χ0v) is 10.4. The molecule has 2 amide bonds. The molecule has 1 saturated heterocycles. The molecule has 0 aromatic heterocycles. The molecule has 8 heteroatoms. The van der Waals surface area contributed by atoms with E-state index >= 15 is 0 Å². The predicted molar refractivity (Wildman–Crippen MR) is 67.0 cm³/mol. The first kappa shape index (κ1) is 13.8. The summed E-state index contributed by atoms with van der Waals surface area (Å²) in [7, 11) is 0. The number of benzene rings is 1. The molecule has 0 bridgehead atoms. The van der Waals surface area contributed by atoms with Gasteiger partial charge in [-0.15, -0.1) is 0 Å². The molecule has 0 atom stereocenters. The molecular formula is C12H11N3O5. The van der Waals surface area contributed by atoms with Gasteiger partial charge in [-0.2, -0.15) is 0 Å². The van der Waals surface area contributed by atoms with Gasteiger partial charge in [-0.25, -0.2) is 0 Å². The molecule has 1 aliphatic rings. The first-order chi connectivity index (χ1) is 9.45. The predicted octanol–water partition coefficient (Wildman–Crippen LogP) is -0.264. The molecule has 0 radical (unpaired) electrons. The molecule has 8 nitrogen and oxygen atoms in total. The SMILES string of the molecule is O=C1CN(CC(=O)c2cccc([N+](=O)[O-])c2)CC(=O)N1. The highest BCUT2D eigenvalue weighted by atomic mass is 16.6. The van der Waals surface area contributed by atoms with Crippen LogP contribution in [0.3, 0.4) is 0 Å². The zero-order chi connectivity index (χ0) is 14.7. The molecule has 1 aliphatic heterocycles. The number of amides is 2. The van der Waals surface area contributed by atoms with Crippen LogP contribution in [0.4, 0.5) is 5.69 Å². The van der Waals surface area contributed by atoms with Crippen LogP contribution in [0.2, 0.25) is 0 Å². The van der Waals surface area contributed by atoms with Gasteiger partial charge >= 0.3 is 0 Å². The van der Waals surface area contributed by atoms with Crippen LogP contribution in [0.25, 0.3) is 0 Å². The molecule has 1 N–H and O–H groups in total. The van der Waals surface area contributed by atoms with E-state index in [4.69, 9.17) is 0 Å². The van der Waals surface area contributed by atoms with Crippen LogP contribution in [-0.4, -0.2) is 47.1 Å². The smallest absolute Gasteiger partial charge is 0.270 e. The number of rotatable bonds is 4. The van der Waals surface area contributed by atoms with E-state index in [1.165, 1.54) is 29.2 Å². The molecule has 20 heavy (non-hydrogen) atoms. The van der Waals surface area contributed by atoms with E-state index < -0.39 is 16.7 Å². The van der Waals surface area contributed by atoms with Crippen molar-refractivity contribution in [3.8, 4) is 0 Å². The van der Waals surface area contributed by atoms with Gasteiger partial charge in [0.2, 0.25) is 11.8 Å². The Labute approximate surface area is 113 Å². The summed E-state index contributed by atoms with van der Waals surface area (Å²) in [5, 5.41) is 12.8. The quantitative estimate of drug-likeness (QED) is 0.351. The van der Waals surface area contributed by atoms with Crippen molar-refractivity contribution >= 4 is 23.3 Å². The average Bonchev–Trinajstić information content (AvgIpc) is 2.37. The van der Waals surface area contributed by atoms with Gasteiger partial charge in [-0.3, -0.25) is 34.7 Å². The maximum Gasteiger partial charge on any atom is 0.270 e. The van der Waals surface area contributed by atoms with E-state index in [1.54, 1.807) is 0 Å². The number of non-ortho nitro benzene ring substituents is 1. The van der Waals surface area contributed by atoms with E-state index in [2.05, 4.69) is 5.32 Å². The number of hydrogen-bond donors (Lipinski definition) is 1. The minimum Gasteiger partial charge on any atom is -0.294 e. The number of hydrogen-bond acceptors (Lipinski definition) is 6. The number of nitrogens with one attached hydrogen (secondary N) is 1. The lowest BCUT2D eigenvalue weighted by molar-refractivity contribution is -0.384. The lowest BCUT2D eigenvalue weighted by Crippen LogP contribution is -2.52. The number of nitro benzene ring substituents is 1. The number of carbonyl (C=O) groups is 3. The highest BCUT2D eigenvalue weighted by Crippen LogP contribution is 2.14. The second-order valence-corrected chi connectivity index (χ2v) is 4.35. The summed E-state index contributed by atoms with van der Waals surface area (Å²) in [5.74, 6) is -1.31. The van der Waals surface area contributed by atoms with Gasteiger partial charge in [0.1, 0.15) is 0 Å². The molecule has 0 spiro atoms. The van der Waals surface area contributed by atoms with Crippen LogP contribution in [0.15, 0.2) is 24.3 Å². The van der Waals surface area contributed by atoms with Crippen molar-refractivity contribution in [3.63, 3.8) is 0 Å². The average molecular weight is 277 g/mol. The molecule has 1 heterocycles. The summed E-state index contributed by atoms with van der Waals surface area (Å²) in [6.45, 7) is -0.237. The van der Waals surface area contributed by atoms with Crippen molar-refractivity contribution < 1.29 is 19.3 Å². The van der Waals surface area contributed by atoms with Crippen LogP contribution < -0.4 is 5.32 Å². The summed E-state index contributed by atoms with van der Waals surface area (Å²) in [5.41, 5.74) is 0.000874. The van der Waals surface area contributed by atoms with E-state index in [1.807, 2.05) is 0 Å². The number of ketones is 1. The highest BCUT2D eigenvalue weighted by molar-refractivity contribution is 6.02. The number of carbonyl (C=O) groups excluding carboxylic acids is 3. The zero-order valence-electron chi connectivity index (χ0n) is 10.4. The number of piperazine rings is 1. The van der Waals surface area contributed by atoms with Crippen molar-refractivity contribution in [2.75, 3.05) is 19.6 Å². The summed E-state index contributed by atoms with van der Waals surface area (Å²) in [6.07, 6.45) is 0. The molecule has 104 valence electrons. The Hall–Kier alpha value is -2.61. The Balaban J connectivity index is 2.08. The number of Topliss-reactive ketones (excluding diaryl/α,β-unsaturated/α-hetero) is 1. The van der Waals surface area contributed by atoms with Gasteiger partial charge in [0.15, 0.2) is 5.78 Å². The van der Waals surface area contributed by atoms with E-state index in [0.717, 1.165) is 0 Å². The fourth-order valence-electron chi connectivity index (χ4n) is 1.90. The lowest BCUT2D eigenvalue weighted by Gasteiger charge is -2.24. The first-order valence-corrected chi connectivity index (χ1v) is 5.78. The number of nitrogens with zero attached hydrogens (tertiary/aromatic N) is 2. The lowest BCUT2D eigenvalue weighted by atomic mass is 10.1. The minimum atomic E-state index is -0.589. The fourth-order valence-corrected chi connectivity index (χ4v) is 1.90. The van der Waals surface area contributed by atoms with Gasteiger partial charge < -0.3 is 0 Å². The molecule has 1 aromatic rings. The van der Waals surface area contributed by atoms with E-state index in [-0.39, 0.29) is 36.7 Å². The second kappa shape index (κ2) is 5.57. The largest absolute Gasteiger partial charge is 0.294 e. The normalized spacial score (nSPS) is 15.8. The Bertz CT molecular complexity index is 583. The Morgan fingerprint density at radius 3 is 2.55 bits per heavy atom. The van der Waals surface area contributed by atoms with Crippen molar-refractivity contribution in [2.24, 2.45) is 0 Å². The van der Waals surface area contributed by atoms with Crippen molar-refractivity contribution in [1.29, 1.82) is 0 Å². The Morgan fingerprint density at radius 2 is 1.95 bits per heavy atom. The molecule has 0 aliphatic carbocycles. The Kier molecular flexibility index (Phi) is 3.85. The van der Waals surface area contributed by atoms with E-state index in [9.17, 15) is 24.5 Å². The van der Waals surface area contributed by atoms with Gasteiger partial charge in [0, 0.05) is 17.7 Å². The Morgan fingerprint density at radius 1 is 1.30 bits per heavy atom. The third-order valence-electron chi connectivity index (χ3n) is 2.76. The van der Waals surface area contributed by atoms with Crippen molar-refractivity contribution in [1.82, 2.24) is 10.2 Å². The molecular weight excluding hydrogens is 266 g/mol. The van der Waals surface area contributed by atoms with Gasteiger partial charge in [0.05, 0.1) is 24.6 Å². The standard InChI is InChI=1S/C12H11N3O5/c16-10(5-14-6-11(17)13-12(18)7-14)8-2-1-3-9(4-8)15(19)20/h1-4H,5-7H2,(H,13,17,18). The highest BCUT2D eigenvalue weighted by Gasteiger charge is 2.24. The third-order valence-corrected chi connectivity index (χ3v) is 2.76. The maximum absolute atomic E-state index is 12.0. The van der Waals surface area contributed by atoms with Gasteiger partial charge in [0.25, 0.3) is 5.69 Å². The molecule has 0 saturated carbocycles. The molecule has 0 unspecified atom stereocenters. The van der Waals surface area contributed by atoms with Crippen LogP contribution >= 0.6 is 0 Å². The monoisotopic (exact) mass is 277 g/mol. The second-order valence-electron chi connectivity index (χ2n) is 4.35. The third kappa shape index (κ3) is 3.23. The van der Waals surface area contributed by atoms with Crippen LogP contribution in [0.5, 0.6) is 0 Å². The van der Waals surface area contributed by atoms with Crippen molar-refractivity contribution in [2.45, 2.75) is 0 Å². The number of imide groups is 1. The summed E-state index contributed by atoms with van der Waals surface area (Å²) >= 11 is 0. The van der Waals surface area contributed by atoms with Crippen molar-refractivity contribution in [3.05, 3.63) is 39.9 Å². The topological polar surface area (TPSA) is 110 Å². The van der Waals surface area contributed by atoms with Crippen LogP contribution in [0.1, 0.15) is 10.4 Å². The molecule has 1 fully saturated rings. The first-order valence-electron chi connectivity index (χ1n) is 5.78. The minimum absolute atomic E-state index is 0.0492. The van der Waals surface area contributed by atoms with Crippen LogP contribution in [0, 0.1) is 10.1 Å². The summed E-state index contributed by atoms with van der Waals surface area (Å²) in [4.78, 5) is 45.8. The van der Waals surface area contributed by atoms with Gasteiger partial charge in [-0.05, 0) is 0 Å². The van der Waals surface area contributed by atoms with Gasteiger partial charge in [-0.1, -0.05) is 12.1 Å². The fraction of sp³-hybridized carbons (Fsp3) is 0.250. The van der Waals surface area contributed by atoms with Crippen LogP contribution in [-0.2, 0) is 9.59 Å². The maximum atomic E-state index is 12.0.